The molecular weight excluding hydrogens is 402 g/mol. The van der Waals surface area contributed by atoms with E-state index in [2.05, 4.69) is 30.8 Å². The Balaban J connectivity index is 1.65. The molecule has 4 aromatic rings. The molecule has 0 radical (unpaired) electrons. The highest BCUT2D eigenvalue weighted by atomic mass is 35.5. The van der Waals surface area contributed by atoms with Crippen LogP contribution in [0.4, 0.5) is 5.95 Å². The number of aromatic nitrogens is 6. The number of hydrogen-bond acceptors (Lipinski definition) is 7. The van der Waals surface area contributed by atoms with Crippen molar-refractivity contribution in [2.24, 2.45) is 0 Å². The molecule has 2 atom stereocenters. The summed E-state index contributed by atoms with van der Waals surface area (Å²) in [7, 11) is 0. The summed E-state index contributed by atoms with van der Waals surface area (Å²) in [5.74, 6) is 1.27. The van der Waals surface area contributed by atoms with Crippen LogP contribution in [-0.4, -0.2) is 30.2 Å². The van der Waals surface area contributed by atoms with E-state index >= 15 is 0 Å². The summed E-state index contributed by atoms with van der Waals surface area (Å²) >= 11 is 6.32. The standard InChI is InChI=1S/C21H14ClN7O/c22-14-5-6-16-15(9-14)18-17(20(30-16)13-4-2-8-24-11-13)19(12-3-1-7-23-10-12)29-21(25-18)26-27-28-29/h1-11,19-20H,(H,25,26,28)/t19-,20+/m1/s1. The highest BCUT2D eigenvalue weighted by Gasteiger charge is 2.41. The molecule has 2 aliphatic rings. The minimum atomic E-state index is -0.391. The number of nitrogens with zero attached hydrogens (tertiary/aromatic N) is 6. The molecular formula is C21H14ClN7O. The second kappa shape index (κ2) is 6.64. The van der Waals surface area contributed by atoms with Gasteiger partial charge in [0.25, 0.3) is 0 Å². The quantitative estimate of drug-likeness (QED) is 0.534. The van der Waals surface area contributed by atoms with Crippen LogP contribution in [0.25, 0.3) is 5.70 Å². The Morgan fingerprint density at radius 3 is 2.57 bits per heavy atom. The van der Waals surface area contributed by atoms with E-state index in [1.54, 1.807) is 17.1 Å². The summed E-state index contributed by atoms with van der Waals surface area (Å²) in [4.78, 5) is 8.61. The van der Waals surface area contributed by atoms with Crippen LogP contribution in [-0.2, 0) is 0 Å². The lowest BCUT2D eigenvalue weighted by Crippen LogP contribution is -2.32. The third-order valence-electron chi connectivity index (χ3n) is 5.28. The van der Waals surface area contributed by atoms with E-state index in [0.717, 1.165) is 33.7 Å². The average Bonchev–Trinajstić information content (AvgIpc) is 3.27. The van der Waals surface area contributed by atoms with E-state index in [1.165, 1.54) is 0 Å². The second-order valence-corrected chi connectivity index (χ2v) is 7.45. The Bertz CT molecular complexity index is 1270. The van der Waals surface area contributed by atoms with Crippen molar-refractivity contribution in [3.8, 4) is 5.75 Å². The number of tetrazole rings is 1. The number of pyridine rings is 2. The summed E-state index contributed by atoms with van der Waals surface area (Å²) < 4.78 is 8.24. The van der Waals surface area contributed by atoms with Gasteiger partial charge in [0.15, 0.2) is 6.10 Å². The lowest BCUT2D eigenvalue weighted by Gasteiger charge is -2.38. The molecule has 2 aliphatic heterocycles. The fraction of sp³-hybridized carbons (Fsp3) is 0.0952. The van der Waals surface area contributed by atoms with Gasteiger partial charge >= 0.3 is 0 Å². The van der Waals surface area contributed by atoms with Gasteiger partial charge in [0.2, 0.25) is 5.95 Å². The van der Waals surface area contributed by atoms with Gasteiger partial charge in [-0.05, 0) is 46.3 Å². The SMILES string of the molecule is Clc1ccc2c(c1)C1=C([C@H](c3cccnc3)O2)[C@@H](c2cccnc2)n2nnnc2N1. The number of halogens is 1. The van der Waals surface area contributed by atoms with Crippen molar-refractivity contribution in [2.45, 2.75) is 12.1 Å². The summed E-state index contributed by atoms with van der Waals surface area (Å²) in [5.41, 5.74) is 4.58. The molecule has 0 aliphatic carbocycles. The Labute approximate surface area is 176 Å². The first-order valence-electron chi connectivity index (χ1n) is 9.35. The fourth-order valence-corrected chi connectivity index (χ4v) is 4.20. The first kappa shape index (κ1) is 17.1. The van der Waals surface area contributed by atoms with Crippen molar-refractivity contribution in [1.82, 2.24) is 30.2 Å². The normalized spacial score (nSPS) is 19.2. The van der Waals surface area contributed by atoms with Gasteiger partial charge in [-0.3, -0.25) is 9.97 Å². The predicted molar refractivity (Wildman–Crippen MR) is 110 cm³/mol. The van der Waals surface area contributed by atoms with Crippen molar-refractivity contribution in [2.75, 3.05) is 5.32 Å². The van der Waals surface area contributed by atoms with Crippen molar-refractivity contribution in [3.63, 3.8) is 0 Å². The molecule has 0 saturated carbocycles. The first-order chi connectivity index (χ1) is 14.8. The molecule has 9 heteroatoms. The molecule has 1 N–H and O–H groups in total. The van der Waals surface area contributed by atoms with Crippen LogP contribution in [0.1, 0.15) is 28.8 Å². The fourth-order valence-electron chi connectivity index (χ4n) is 4.03. The largest absolute Gasteiger partial charge is 0.480 e. The topological polar surface area (TPSA) is 90.6 Å². The van der Waals surface area contributed by atoms with Gasteiger partial charge in [-0.1, -0.05) is 28.8 Å². The van der Waals surface area contributed by atoms with Gasteiger partial charge in [0, 0.05) is 46.5 Å². The van der Waals surface area contributed by atoms with Gasteiger partial charge in [-0.15, -0.1) is 0 Å². The molecule has 1 aromatic carbocycles. The highest BCUT2D eigenvalue weighted by molar-refractivity contribution is 6.30. The van der Waals surface area contributed by atoms with Crippen LogP contribution >= 0.6 is 11.6 Å². The molecule has 8 nitrogen and oxygen atoms in total. The summed E-state index contributed by atoms with van der Waals surface area (Å²) in [6.07, 6.45) is 6.72. The smallest absolute Gasteiger partial charge is 0.248 e. The maximum absolute atomic E-state index is 6.49. The van der Waals surface area contributed by atoms with Crippen LogP contribution in [0.5, 0.6) is 5.75 Å². The van der Waals surface area contributed by atoms with Crippen LogP contribution < -0.4 is 10.1 Å². The van der Waals surface area contributed by atoms with Gasteiger partial charge in [-0.25, -0.2) is 0 Å². The Morgan fingerprint density at radius 1 is 1.00 bits per heavy atom. The summed E-state index contributed by atoms with van der Waals surface area (Å²) in [6.45, 7) is 0. The van der Waals surface area contributed by atoms with Gasteiger partial charge in [0.1, 0.15) is 11.8 Å². The van der Waals surface area contributed by atoms with Crippen molar-refractivity contribution in [1.29, 1.82) is 0 Å². The lowest BCUT2D eigenvalue weighted by atomic mass is 9.85. The number of nitrogens with one attached hydrogen (secondary N) is 1. The number of ether oxygens (including phenoxy) is 1. The molecule has 3 aromatic heterocycles. The second-order valence-electron chi connectivity index (χ2n) is 7.02. The van der Waals surface area contributed by atoms with Crippen molar-refractivity contribution >= 4 is 23.2 Å². The van der Waals surface area contributed by atoms with Gasteiger partial charge in [-0.2, -0.15) is 4.68 Å². The molecule has 0 bridgehead atoms. The molecule has 0 saturated heterocycles. The monoisotopic (exact) mass is 415 g/mol. The van der Waals surface area contributed by atoms with Crippen molar-refractivity contribution in [3.05, 3.63) is 94.5 Å². The van der Waals surface area contributed by atoms with Crippen molar-refractivity contribution < 1.29 is 4.74 Å². The van der Waals surface area contributed by atoms with Gasteiger partial charge < -0.3 is 10.1 Å². The molecule has 0 amide bonds. The average molecular weight is 416 g/mol. The van der Waals surface area contributed by atoms with E-state index < -0.39 is 6.10 Å². The van der Waals surface area contributed by atoms with Crippen LogP contribution in [0.15, 0.2) is 72.8 Å². The van der Waals surface area contributed by atoms with E-state index in [0.29, 0.717) is 11.0 Å². The molecule has 0 unspecified atom stereocenters. The number of rotatable bonds is 2. The van der Waals surface area contributed by atoms with Crippen LogP contribution in [0.2, 0.25) is 5.02 Å². The molecule has 6 rings (SSSR count). The third-order valence-corrected chi connectivity index (χ3v) is 5.52. The summed E-state index contributed by atoms with van der Waals surface area (Å²) in [6, 6.07) is 13.1. The van der Waals surface area contributed by atoms with Gasteiger partial charge in [0.05, 0.1) is 5.70 Å². The molecule has 0 spiro atoms. The maximum atomic E-state index is 6.49. The Hall–Kier alpha value is -3.78. The lowest BCUT2D eigenvalue weighted by molar-refractivity contribution is 0.222. The van der Waals surface area contributed by atoms with E-state index in [1.807, 2.05) is 54.9 Å². The van der Waals surface area contributed by atoms with E-state index in [4.69, 9.17) is 16.3 Å². The van der Waals surface area contributed by atoms with Crippen LogP contribution in [0, 0.1) is 0 Å². The zero-order valence-corrected chi connectivity index (χ0v) is 16.2. The number of anilines is 1. The Morgan fingerprint density at radius 2 is 1.80 bits per heavy atom. The van der Waals surface area contributed by atoms with E-state index in [9.17, 15) is 0 Å². The van der Waals surface area contributed by atoms with Crippen LogP contribution in [0.3, 0.4) is 0 Å². The highest BCUT2D eigenvalue weighted by Crippen LogP contribution is 2.50. The minimum absolute atomic E-state index is 0.308. The maximum Gasteiger partial charge on any atom is 0.248 e. The number of benzene rings is 1. The molecule has 5 heterocycles. The van der Waals surface area contributed by atoms with E-state index in [-0.39, 0.29) is 6.04 Å². The minimum Gasteiger partial charge on any atom is -0.480 e. The summed E-state index contributed by atoms with van der Waals surface area (Å²) in [5, 5.41) is 16.3. The zero-order valence-electron chi connectivity index (χ0n) is 15.5. The first-order valence-corrected chi connectivity index (χ1v) is 9.73. The third kappa shape index (κ3) is 2.57. The Kier molecular flexibility index (Phi) is 3.78. The predicted octanol–water partition coefficient (Wildman–Crippen LogP) is 3.68. The molecule has 0 fully saturated rings. The number of fused-ring (bicyclic) bond motifs is 3. The molecule has 146 valence electrons. The molecule has 30 heavy (non-hydrogen) atoms. The number of hydrogen-bond donors (Lipinski definition) is 1. The zero-order chi connectivity index (χ0) is 20.1.